The van der Waals surface area contributed by atoms with Gasteiger partial charge in [0.1, 0.15) is 11.0 Å². The summed E-state index contributed by atoms with van der Waals surface area (Å²) in [6, 6.07) is 3.24. The van der Waals surface area contributed by atoms with E-state index in [0.717, 1.165) is 0 Å². The number of aliphatic hydroxyl groups is 1. The Kier molecular flexibility index (Phi) is 3.22. The number of amides is 1. The van der Waals surface area contributed by atoms with Gasteiger partial charge in [0.25, 0.3) is 5.91 Å². The van der Waals surface area contributed by atoms with Crippen molar-refractivity contribution in [1.82, 2.24) is 9.88 Å². The lowest BCUT2D eigenvalue weighted by Crippen LogP contribution is -2.53. The van der Waals surface area contributed by atoms with E-state index in [1.165, 1.54) is 0 Å². The van der Waals surface area contributed by atoms with E-state index in [-0.39, 0.29) is 5.91 Å². The van der Waals surface area contributed by atoms with Crippen LogP contribution in [-0.4, -0.2) is 54.2 Å². The SMILES string of the molecule is CN(C)c1cc(C(=O)N2CC(O)C2)cc(Cl)n1. The lowest BCUT2D eigenvalue weighted by atomic mass is 10.1. The molecule has 5 nitrogen and oxygen atoms in total. The Bertz CT molecular complexity index is 444. The van der Waals surface area contributed by atoms with Gasteiger partial charge in [0.05, 0.1) is 6.10 Å². The largest absolute Gasteiger partial charge is 0.389 e. The van der Waals surface area contributed by atoms with Gasteiger partial charge in [0, 0.05) is 32.7 Å². The minimum atomic E-state index is -0.399. The molecule has 0 unspecified atom stereocenters. The molecule has 0 saturated carbocycles. The van der Waals surface area contributed by atoms with E-state index < -0.39 is 6.10 Å². The summed E-state index contributed by atoms with van der Waals surface area (Å²) in [6.45, 7) is 0.770. The van der Waals surface area contributed by atoms with E-state index in [2.05, 4.69) is 4.98 Å². The second kappa shape index (κ2) is 4.50. The molecule has 0 spiro atoms. The van der Waals surface area contributed by atoms with Crippen molar-refractivity contribution in [2.75, 3.05) is 32.1 Å². The van der Waals surface area contributed by atoms with Crippen molar-refractivity contribution in [1.29, 1.82) is 0 Å². The average Bonchev–Trinajstić information content (AvgIpc) is 2.23. The highest BCUT2D eigenvalue weighted by Crippen LogP contribution is 2.20. The van der Waals surface area contributed by atoms with E-state index >= 15 is 0 Å². The number of nitrogens with zero attached hydrogens (tertiary/aromatic N) is 3. The van der Waals surface area contributed by atoms with Gasteiger partial charge in [-0.2, -0.15) is 0 Å². The minimum absolute atomic E-state index is 0.122. The van der Waals surface area contributed by atoms with Gasteiger partial charge in [-0.15, -0.1) is 0 Å². The molecule has 1 aliphatic rings. The average molecular weight is 256 g/mol. The molecule has 2 rings (SSSR count). The van der Waals surface area contributed by atoms with Crippen LogP contribution in [0.1, 0.15) is 10.4 Å². The molecule has 0 radical (unpaired) electrons. The van der Waals surface area contributed by atoms with Crippen LogP contribution in [0.4, 0.5) is 5.82 Å². The Labute approximate surface area is 105 Å². The molecule has 6 heteroatoms. The van der Waals surface area contributed by atoms with Crippen molar-refractivity contribution in [2.24, 2.45) is 0 Å². The van der Waals surface area contributed by atoms with E-state index in [4.69, 9.17) is 11.6 Å². The normalized spacial score (nSPS) is 15.6. The number of hydrogen-bond acceptors (Lipinski definition) is 4. The molecule has 0 aromatic carbocycles. The third-order valence-electron chi connectivity index (χ3n) is 2.64. The number of anilines is 1. The number of likely N-dealkylation sites (tertiary alicyclic amines) is 1. The lowest BCUT2D eigenvalue weighted by molar-refractivity contribution is 0.00589. The van der Waals surface area contributed by atoms with Gasteiger partial charge in [-0.3, -0.25) is 4.79 Å². The van der Waals surface area contributed by atoms with Crippen molar-refractivity contribution in [2.45, 2.75) is 6.10 Å². The Balaban J connectivity index is 2.23. The summed E-state index contributed by atoms with van der Waals surface area (Å²) in [5.41, 5.74) is 0.501. The molecule has 1 fully saturated rings. The van der Waals surface area contributed by atoms with E-state index in [0.29, 0.717) is 29.6 Å². The van der Waals surface area contributed by atoms with Crippen LogP contribution in [0.3, 0.4) is 0 Å². The van der Waals surface area contributed by atoms with Gasteiger partial charge >= 0.3 is 0 Å². The highest BCUT2D eigenvalue weighted by atomic mass is 35.5. The Morgan fingerprint density at radius 3 is 2.71 bits per heavy atom. The monoisotopic (exact) mass is 255 g/mol. The summed E-state index contributed by atoms with van der Waals surface area (Å²) >= 11 is 5.87. The first-order valence-electron chi connectivity index (χ1n) is 5.29. The van der Waals surface area contributed by atoms with Crippen LogP contribution in [0, 0.1) is 0 Å². The van der Waals surface area contributed by atoms with Crippen LogP contribution < -0.4 is 4.90 Å². The smallest absolute Gasteiger partial charge is 0.254 e. The van der Waals surface area contributed by atoms with Crippen molar-refractivity contribution < 1.29 is 9.90 Å². The number of hydrogen-bond donors (Lipinski definition) is 1. The molecule has 1 aliphatic heterocycles. The van der Waals surface area contributed by atoms with Crippen molar-refractivity contribution in [3.63, 3.8) is 0 Å². The van der Waals surface area contributed by atoms with Gasteiger partial charge in [-0.25, -0.2) is 4.98 Å². The predicted molar refractivity (Wildman–Crippen MR) is 65.5 cm³/mol. The number of aromatic nitrogens is 1. The van der Waals surface area contributed by atoms with Crippen LogP contribution >= 0.6 is 11.6 Å². The Morgan fingerprint density at radius 2 is 2.18 bits per heavy atom. The molecule has 0 aliphatic carbocycles. The molecule has 92 valence electrons. The van der Waals surface area contributed by atoms with E-state index in [1.54, 1.807) is 21.9 Å². The number of carbonyl (C=O) groups excluding carboxylic acids is 1. The highest BCUT2D eigenvalue weighted by molar-refractivity contribution is 6.29. The van der Waals surface area contributed by atoms with E-state index in [9.17, 15) is 9.90 Å². The summed E-state index contributed by atoms with van der Waals surface area (Å²) in [4.78, 5) is 19.5. The summed E-state index contributed by atoms with van der Waals surface area (Å²) in [6.07, 6.45) is -0.399. The summed E-state index contributed by atoms with van der Waals surface area (Å²) in [5.74, 6) is 0.518. The number of pyridine rings is 1. The molecule has 2 heterocycles. The molecule has 17 heavy (non-hydrogen) atoms. The molecule has 1 aromatic rings. The van der Waals surface area contributed by atoms with Crippen LogP contribution in [0.15, 0.2) is 12.1 Å². The zero-order chi connectivity index (χ0) is 12.6. The number of β-amino-alcohol motifs (C(OH)–C–C–N with tert-alkyl or cyclic N) is 1. The zero-order valence-corrected chi connectivity index (χ0v) is 10.5. The van der Waals surface area contributed by atoms with Crippen LogP contribution in [0.2, 0.25) is 5.15 Å². The number of carbonyl (C=O) groups is 1. The minimum Gasteiger partial charge on any atom is -0.389 e. The van der Waals surface area contributed by atoms with Crippen LogP contribution in [0.25, 0.3) is 0 Å². The van der Waals surface area contributed by atoms with Crippen molar-refractivity contribution in [3.8, 4) is 0 Å². The molecule has 1 amide bonds. The van der Waals surface area contributed by atoms with Crippen molar-refractivity contribution in [3.05, 3.63) is 22.8 Å². The number of rotatable bonds is 2. The first-order valence-corrected chi connectivity index (χ1v) is 5.67. The first kappa shape index (κ1) is 12.1. The molecule has 1 saturated heterocycles. The maximum Gasteiger partial charge on any atom is 0.254 e. The van der Waals surface area contributed by atoms with Crippen molar-refractivity contribution >= 4 is 23.3 Å². The first-order chi connectivity index (χ1) is 7.97. The number of halogens is 1. The lowest BCUT2D eigenvalue weighted by Gasteiger charge is -2.36. The van der Waals surface area contributed by atoms with Crippen LogP contribution in [0.5, 0.6) is 0 Å². The molecular weight excluding hydrogens is 242 g/mol. The highest BCUT2D eigenvalue weighted by Gasteiger charge is 2.29. The summed E-state index contributed by atoms with van der Waals surface area (Å²) < 4.78 is 0. The van der Waals surface area contributed by atoms with Gasteiger partial charge in [0.15, 0.2) is 0 Å². The molecule has 1 aromatic heterocycles. The standard InChI is InChI=1S/C11H14ClN3O2/c1-14(2)10-4-7(3-9(12)13-10)11(17)15-5-8(16)6-15/h3-4,8,16H,5-6H2,1-2H3. The number of aliphatic hydroxyl groups excluding tert-OH is 1. The molecular formula is C11H14ClN3O2. The second-order valence-electron chi connectivity index (χ2n) is 4.30. The summed E-state index contributed by atoms with van der Waals surface area (Å²) in [5, 5.41) is 9.46. The molecule has 0 bridgehead atoms. The fraction of sp³-hybridized carbons (Fsp3) is 0.455. The Morgan fingerprint density at radius 1 is 1.53 bits per heavy atom. The third-order valence-corrected chi connectivity index (χ3v) is 2.83. The fourth-order valence-corrected chi connectivity index (χ4v) is 1.84. The maximum absolute atomic E-state index is 12.0. The summed E-state index contributed by atoms with van der Waals surface area (Å²) in [7, 11) is 3.67. The van der Waals surface area contributed by atoms with Crippen LogP contribution in [-0.2, 0) is 0 Å². The molecule has 1 N–H and O–H groups in total. The Hall–Kier alpha value is -1.33. The van der Waals surface area contributed by atoms with E-state index in [1.807, 2.05) is 14.1 Å². The third kappa shape index (κ3) is 2.50. The molecule has 0 atom stereocenters. The zero-order valence-electron chi connectivity index (χ0n) is 9.72. The predicted octanol–water partition coefficient (Wildman–Crippen LogP) is 0.618. The topological polar surface area (TPSA) is 56.7 Å². The van der Waals surface area contributed by atoms with Gasteiger partial charge in [-0.1, -0.05) is 11.6 Å². The maximum atomic E-state index is 12.0. The van der Waals surface area contributed by atoms with Gasteiger partial charge in [-0.05, 0) is 12.1 Å². The second-order valence-corrected chi connectivity index (χ2v) is 4.68. The fourth-order valence-electron chi connectivity index (χ4n) is 1.64. The quantitative estimate of drug-likeness (QED) is 0.787. The van der Waals surface area contributed by atoms with Gasteiger partial charge < -0.3 is 14.9 Å². The van der Waals surface area contributed by atoms with Gasteiger partial charge in [0.2, 0.25) is 0 Å².